The van der Waals surface area contributed by atoms with Crippen molar-refractivity contribution in [1.82, 2.24) is 10.1 Å². The molecule has 0 radical (unpaired) electrons. The van der Waals surface area contributed by atoms with E-state index in [1.807, 2.05) is 0 Å². The maximum Gasteiger partial charge on any atom is 0.234 e. The molecule has 0 atom stereocenters. The van der Waals surface area contributed by atoms with Crippen molar-refractivity contribution in [2.45, 2.75) is 62.7 Å². The Labute approximate surface area is 102 Å². The van der Waals surface area contributed by atoms with Gasteiger partial charge in [0.05, 0.1) is 5.41 Å². The lowest BCUT2D eigenvalue weighted by atomic mass is 9.80. The van der Waals surface area contributed by atoms with Gasteiger partial charge in [-0.25, -0.2) is 0 Å². The summed E-state index contributed by atoms with van der Waals surface area (Å²) >= 11 is 0. The summed E-state index contributed by atoms with van der Waals surface area (Å²) in [6.45, 7) is 0.638. The maximum absolute atomic E-state index is 6.01. The van der Waals surface area contributed by atoms with Crippen LogP contribution in [0.1, 0.15) is 69.0 Å². The summed E-state index contributed by atoms with van der Waals surface area (Å²) in [6, 6.07) is 0. The van der Waals surface area contributed by atoms with Crippen LogP contribution in [0, 0.1) is 0 Å². The first-order chi connectivity index (χ1) is 8.34. The Kier molecular flexibility index (Phi) is 2.90. The summed E-state index contributed by atoms with van der Waals surface area (Å²) in [4.78, 5) is 4.62. The molecule has 0 unspecified atom stereocenters. The average molecular weight is 235 g/mol. The van der Waals surface area contributed by atoms with Crippen LogP contribution in [0.2, 0.25) is 0 Å². The summed E-state index contributed by atoms with van der Waals surface area (Å²) in [7, 11) is 0. The van der Waals surface area contributed by atoms with E-state index in [4.69, 9.17) is 10.3 Å². The van der Waals surface area contributed by atoms with Gasteiger partial charge in [-0.05, 0) is 25.7 Å². The first kappa shape index (κ1) is 11.2. The van der Waals surface area contributed by atoms with Crippen molar-refractivity contribution in [3.63, 3.8) is 0 Å². The average Bonchev–Trinajstić information content (AvgIpc) is 3.14. The molecule has 4 heteroatoms. The lowest BCUT2D eigenvalue weighted by Crippen LogP contribution is -2.35. The van der Waals surface area contributed by atoms with Gasteiger partial charge in [-0.1, -0.05) is 30.8 Å². The Morgan fingerprint density at radius 1 is 1.18 bits per heavy atom. The van der Waals surface area contributed by atoms with Crippen LogP contribution in [0.4, 0.5) is 0 Å². The van der Waals surface area contributed by atoms with E-state index in [2.05, 4.69) is 10.1 Å². The molecule has 2 saturated carbocycles. The van der Waals surface area contributed by atoms with Crippen molar-refractivity contribution in [3.05, 3.63) is 11.7 Å². The van der Waals surface area contributed by atoms with Crippen molar-refractivity contribution in [2.24, 2.45) is 5.73 Å². The van der Waals surface area contributed by atoms with Gasteiger partial charge >= 0.3 is 0 Å². The Balaban J connectivity index is 1.85. The second-order valence-electron chi connectivity index (χ2n) is 5.63. The molecule has 2 N–H and O–H groups in total. The van der Waals surface area contributed by atoms with Gasteiger partial charge in [-0.2, -0.15) is 4.98 Å². The van der Waals surface area contributed by atoms with E-state index in [1.165, 1.54) is 38.5 Å². The second-order valence-corrected chi connectivity index (χ2v) is 5.63. The van der Waals surface area contributed by atoms with Gasteiger partial charge in [0.25, 0.3) is 0 Å². The number of aromatic nitrogens is 2. The zero-order chi connectivity index (χ0) is 11.7. The number of rotatable bonds is 3. The van der Waals surface area contributed by atoms with Crippen LogP contribution in [0.3, 0.4) is 0 Å². The molecule has 0 amide bonds. The third-order valence-corrected chi connectivity index (χ3v) is 4.29. The number of nitrogens with two attached hydrogens (primary N) is 1. The van der Waals surface area contributed by atoms with Crippen LogP contribution >= 0.6 is 0 Å². The highest BCUT2D eigenvalue weighted by atomic mass is 16.5. The van der Waals surface area contributed by atoms with Gasteiger partial charge < -0.3 is 10.3 Å². The second kappa shape index (κ2) is 4.41. The molecule has 2 fully saturated rings. The predicted molar refractivity (Wildman–Crippen MR) is 64.7 cm³/mol. The van der Waals surface area contributed by atoms with E-state index >= 15 is 0 Å². The quantitative estimate of drug-likeness (QED) is 0.817. The van der Waals surface area contributed by atoms with Crippen molar-refractivity contribution >= 4 is 0 Å². The summed E-state index contributed by atoms with van der Waals surface area (Å²) in [5.74, 6) is 2.29. The van der Waals surface area contributed by atoms with E-state index < -0.39 is 0 Å². The normalized spacial score (nSPS) is 24.5. The van der Waals surface area contributed by atoms with Gasteiger partial charge in [0.2, 0.25) is 5.89 Å². The number of hydrogen-bond donors (Lipinski definition) is 1. The molecule has 94 valence electrons. The predicted octanol–water partition coefficient (Wildman–Crippen LogP) is 2.50. The standard InChI is InChI=1S/C13H21N3O/c14-9-13(7-3-1-2-4-8-13)12-15-11(16-17-12)10-5-6-10/h10H,1-9,14H2. The zero-order valence-electron chi connectivity index (χ0n) is 10.3. The third-order valence-electron chi connectivity index (χ3n) is 4.29. The van der Waals surface area contributed by atoms with Gasteiger partial charge in [0.1, 0.15) is 0 Å². The van der Waals surface area contributed by atoms with Crippen LogP contribution in [0.15, 0.2) is 4.52 Å². The van der Waals surface area contributed by atoms with Gasteiger partial charge in [-0.15, -0.1) is 0 Å². The molecule has 0 spiro atoms. The maximum atomic E-state index is 6.01. The molecule has 2 aliphatic carbocycles. The molecule has 0 bridgehead atoms. The summed E-state index contributed by atoms with van der Waals surface area (Å²) in [6.07, 6.45) is 9.74. The first-order valence-electron chi connectivity index (χ1n) is 6.88. The molecule has 2 aliphatic rings. The van der Waals surface area contributed by atoms with E-state index in [-0.39, 0.29) is 5.41 Å². The summed E-state index contributed by atoms with van der Waals surface area (Å²) in [5, 5.41) is 4.14. The van der Waals surface area contributed by atoms with E-state index in [0.717, 1.165) is 24.6 Å². The molecule has 0 aliphatic heterocycles. The fourth-order valence-corrected chi connectivity index (χ4v) is 2.87. The third kappa shape index (κ3) is 2.10. The highest BCUT2D eigenvalue weighted by molar-refractivity contribution is 5.11. The van der Waals surface area contributed by atoms with E-state index in [1.54, 1.807) is 0 Å². The highest BCUT2D eigenvalue weighted by Gasteiger charge is 2.38. The summed E-state index contributed by atoms with van der Waals surface area (Å²) in [5.41, 5.74) is 5.98. The molecule has 3 rings (SSSR count). The van der Waals surface area contributed by atoms with Crippen molar-refractivity contribution in [1.29, 1.82) is 0 Å². The van der Waals surface area contributed by atoms with Crippen LogP contribution in [0.5, 0.6) is 0 Å². The van der Waals surface area contributed by atoms with Crippen molar-refractivity contribution in [3.8, 4) is 0 Å². The van der Waals surface area contributed by atoms with Crippen molar-refractivity contribution < 1.29 is 4.52 Å². The Bertz CT molecular complexity index is 376. The minimum atomic E-state index is -0.0311. The van der Waals surface area contributed by atoms with Gasteiger partial charge in [-0.3, -0.25) is 0 Å². The Morgan fingerprint density at radius 2 is 1.88 bits per heavy atom. The van der Waals surface area contributed by atoms with Gasteiger partial charge in [0.15, 0.2) is 5.82 Å². The molecule has 0 saturated heterocycles. The van der Waals surface area contributed by atoms with Crippen LogP contribution in [-0.2, 0) is 5.41 Å². The molecule has 0 aromatic carbocycles. The number of nitrogens with zero attached hydrogens (tertiary/aromatic N) is 2. The van der Waals surface area contributed by atoms with Crippen molar-refractivity contribution in [2.75, 3.05) is 6.54 Å². The van der Waals surface area contributed by atoms with E-state index in [0.29, 0.717) is 12.5 Å². The molecule has 1 aromatic heterocycles. The largest absolute Gasteiger partial charge is 0.339 e. The fourth-order valence-electron chi connectivity index (χ4n) is 2.87. The molecule has 17 heavy (non-hydrogen) atoms. The topological polar surface area (TPSA) is 64.9 Å². The highest BCUT2D eigenvalue weighted by Crippen LogP contribution is 2.41. The lowest BCUT2D eigenvalue weighted by molar-refractivity contribution is 0.256. The smallest absolute Gasteiger partial charge is 0.234 e. The van der Waals surface area contributed by atoms with E-state index in [9.17, 15) is 0 Å². The molecular weight excluding hydrogens is 214 g/mol. The summed E-state index contributed by atoms with van der Waals surface area (Å²) < 4.78 is 5.51. The minimum Gasteiger partial charge on any atom is -0.339 e. The lowest BCUT2D eigenvalue weighted by Gasteiger charge is -2.26. The monoisotopic (exact) mass is 235 g/mol. The number of hydrogen-bond acceptors (Lipinski definition) is 4. The zero-order valence-corrected chi connectivity index (χ0v) is 10.3. The minimum absolute atomic E-state index is 0.0311. The van der Waals surface area contributed by atoms with Crippen LogP contribution in [-0.4, -0.2) is 16.7 Å². The van der Waals surface area contributed by atoms with Crippen LogP contribution < -0.4 is 5.73 Å². The molecule has 1 aromatic rings. The molecule has 1 heterocycles. The molecule has 4 nitrogen and oxygen atoms in total. The van der Waals surface area contributed by atoms with Crippen LogP contribution in [0.25, 0.3) is 0 Å². The molecular formula is C13H21N3O. The Morgan fingerprint density at radius 3 is 2.47 bits per heavy atom. The fraction of sp³-hybridized carbons (Fsp3) is 0.846. The SMILES string of the molecule is NCC1(c2nc(C3CC3)no2)CCCCCC1. The van der Waals surface area contributed by atoms with Gasteiger partial charge in [0, 0.05) is 12.5 Å². The first-order valence-corrected chi connectivity index (χ1v) is 6.88. The Hall–Kier alpha value is -0.900.